The summed E-state index contributed by atoms with van der Waals surface area (Å²) >= 11 is 3.41. The number of halogens is 2. The van der Waals surface area contributed by atoms with Gasteiger partial charge in [-0.25, -0.2) is 4.39 Å². The molecule has 0 aromatic heterocycles. The smallest absolute Gasteiger partial charge is 0.124 e. The van der Waals surface area contributed by atoms with Crippen LogP contribution in [0.4, 0.5) is 4.39 Å². The molecule has 15 heavy (non-hydrogen) atoms. The topological polar surface area (TPSA) is 12.0 Å². The Kier molecular flexibility index (Phi) is 4.74. The van der Waals surface area contributed by atoms with Crippen LogP contribution in [-0.2, 0) is 0 Å². The van der Waals surface area contributed by atoms with Crippen molar-refractivity contribution >= 4 is 15.9 Å². The average Bonchev–Trinajstić information content (AvgIpc) is 2.19. The average molecular weight is 274 g/mol. The molecule has 1 rings (SSSR count). The van der Waals surface area contributed by atoms with Crippen LogP contribution < -0.4 is 5.32 Å². The highest BCUT2D eigenvalue weighted by molar-refractivity contribution is 9.10. The summed E-state index contributed by atoms with van der Waals surface area (Å²) < 4.78 is 13.8. The molecule has 2 atom stereocenters. The summed E-state index contributed by atoms with van der Waals surface area (Å²) in [4.78, 5) is 0. The Balaban J connectivity index is 2.94. The molecule has 0 saturated heterocycles. The summed E-state index contributed by atoms with van der Waals surface area (Å²) in [5, 5.41) is 3.28. The van der Waals surface area contributed by atoms with Gasteiger partial charge < -0.3 is 5.32 Å². The van der Waals surface area contributed by atoms with Crippen LogP contribution in [-0.4, -0.2) is 13.1 Å². The lowest BCUT2D eigenvalue weighted by molar-refractivity contribution is 0.471. The first-order chi connectivity index (χ1) is 7.10. The van der Waals surface area contributed by atoms with E-state index in [1.807, 2.05) is 13.1 Å². The van der Waals surface area contributed by atoms with Crippen molar-refractivity contribution in [1.29, 1.82) is 0 Å². The fourth-order valence-electron chi connectivity index (χ4n) is 1.90. The molecule has 1 aromatic carbocycles. The number of rotatable bonds is 4. The zero-order valence-electron chi connectivity index (χ0n) is 9.35. The number of nitrogens with one attached hydrogen (secondary N) is 1. The lowest BCUT2D eigenvalue weighted by Crippen LogP contribution is -2.30. The quantitative estimate of drug-likeness (QED) is 0.883. The van der Waals surface area contributed by atoms with Gasteiger partial charge in [-0.2, -0.15) is 0 Å². The highest BCUT2D eigenvalue weighted by atomic mass is 79.9. The summed E-state index contributed by atoms with van der Waals surface area (Å²) in [6, 6.07) is 5.31. The number of benzene rings is 1. The van der Waals surface area contributed by atoms with Crippen molar-refractivity contribution in [2.75, 3.05) is 7.05 Å². The van der Waals surface area contributed by atoms with Crippen LogP contribution in [0.1, 0.15) is 31.7 Å². The second-order valence-corrected chi connectivity index (χ2v) is 4.61. The van der Waals surface area contributed by atoms with Crippen molar-refractivity contribution in [3.63, 3.8) is 0 Å². The normalized spacial score (nSPS) is 15.0. The summed E-state index contributed by atoms with van der Waals surface area (Å²) in [6.45, 7) is 4.30. The molecule has 2 unspecified atom stereocenters. The summed E-state index contributed by atoms with van der Waals surface area (Å²) in [6.07, 6.45) is 1.06. The van der Waals surface area contributed by atoms with Crippen LogP contribution >= 0.6 is 15.9 Å². The third-order valence-corrected chi connectivity index (χ3v) is 3.55. The van der Waals surface area contributed by atoms with Gasteiger partial charge in [0.1, 0.15) is 5.82 Å². The van der Waals surface area contributed by atoms with E-state index in [1.54, 1.807) is 0 Å². The molecule has 0 bridgehead atoms. The van der Waals surface area contributed by atoms with Crippen molar-refractivity contribution in [1.82, 2.24) is 5.32 Å². The largest absolute Gasteiger partial charge is 0.316 e. The van der Waals surface area contributed by atoms with Gasteiger partial charge in [0.2, 0.25) is 0 Å². The van der Waals surface area contributed by atoms with Crippen LogP contribution in [0.25, 0.3) is 0 Å². The van der Waals surface area contributed by atoms with Gasteiger partial charge in [-0.05, 0) is 37.1 Å². The lowest BCUT2D eigenvalue weighted by Gasteiger charge is -2.23. The van der Waals surface area contributed by atoms with Gasteiger partial charge in [-0.1, -0.05) is 35.8 Å². The molecule has 0 spiro atoms. The van der Waals surface area contributed by atoms with E-state index in [0.717, 1.165) is 16.5 Å². The Morgan fingerprint density at radius 2 is 2.13 bits per heavy atom. The van der Waals surface area contributed by atoms with Crippen molar-refractivity contribution < 1.29 is 4.39 Å². The first kappa shape index (κ1) is 12.7. The maximum absolute atomic E-state index is 12.9. The van der Waals surface area contributed by atoms with Crippen LogP contribution in [0.2, 0.25) is 0 Å². The molecule has 0 amide bonds. The molecule has 0 aliphatic heterocycles. The SMILES string of the molecule is CCC(NC)C(C)c1ccc(F)cc1Br. The Bertz CT molecular complexity index is 323. The third kappa shape index (κ3) is 3.02. The molecule has 1 aromatic rings. The molecule has 0 heterocycles. The fraction of sp³-hybridized carbons (Fsp3) is 0.500. The minimum Gasteiger partial charge on any atom is -0.316 e. The third-order valence-electron chi connectivity index (χ3n) is 2.87. The van der Waals surface area contributed by atoms with Crippen LogP contribution in [0.3, 0.4) is 0 Å². The van der Waals surface area contributed by atoms with Gasteiger partial charge in [-0.15, -0.1) is 0 Å². The molecule has 0 saturated carbocycles. The minimum atomic E-state index is -0.199. The molecule has 1 N–H and O–H groups in total. The standard InChI is InChI=1S/C12H17BrFN/c1-4-12(15-3)8(2)10-6-5-9(14)7-11(10)13/h5-8,12,15H,4H2,1-3H3. The van der Waals surface area contributed by atoms with E-state index in [0.29, 0.717) is 12.0 Å². The molecular formula is C12H17BrFN. The van der Waals surface area contributed by atoms with Crippen LogP contribution in [0.5, 0.6) is 0 Å². The van der Waals surface area contributed by atoms with E-state index in [9.17, 15) is 4.39 Å². The predicted octanol–water partition coefficient (Wildman–Crippen LogP) is 3.69. The van der Waals surface area contributed by atoms with Crippen LogP contribution in [0, 0.1) is 5.82 Å². The fourth-order valence-corrected chi connectivity index (χ4v) is 2.61. The second-order valence-electron chi connectivity index (χ2n) is 3.76. The molecule has 1 nitrogen and oxygen atoms in total. The maximum atomic E-state index is 12.9. The van der Waals surface area contributed by atoms with E-state index < -0.39 is 0 Å². The monoisotopic (exact) mass is 273 g/mol. The highest BCUT2D eigenvalue weighted by Gasteiger charge is 2.17. The zero-order chi connectivity index (χ0) is 11.4. The zero-order valence-corrected chi connectivity index (χ0v) is 10.9. The molecule has 0 aliphatic carbocycles. The Labute approximate surface area is 99.2 Å². The van der Waals surface area contributed by atoms with Gasteiger partial charge in [0.15, 0.2) is 0 Å². The predicted molar refractivity (Wildman–Crippen MR) is 65.7 cm³/mol. The van der Waals surface area contributed by atoms with Crippen molar-refractivity contribution in [3.05, 3.63) is 34.1 Å². The van der Waals surface area contributed by atoms with E-state index in [4.69, 9.17) is 0 Å². The lowest BCUT2D eigenvalue weighted by atomic mass is 9.92. The van der Waals surface area contributed by atoms with Gasteiger partial charge >= 0.3 is 0 Å². The Morgan fingerprint density at radius 3 is 2.60 bits per heavy atom. The van der Waals surface area contributed by atoms with E-state index in [-0.39, 0.29) is 5.82 Å². The minimum absolute atomic E-state index is 0.199. The second kappa shape index (κ2) is 5.61. The summed E-state index contributed by atoms with van der Waals surface area (Å²) in [7, 11) is 1.96. The molecule has 84 valence electrons. The summed E-state index contributed by atoms with van der Waals surface area (Å²) in [5.74, 6) is 0.172. The molecule has 3 heteroatoms. The highest BCUT2D eigenvalue weighted by Crippen LogP contribution is 2.28. The number of likely N-dealkylation sites (N-methyl/N-ethyl adjacent to an activating group) is 1. The number of hydrogen-bond donors (Lipinski definition) is 1. The van der Waals surface area contributed by atoms with Gasteiger partial charge in [0.25, 0.3) is 0 Å². The van der Waals surface area contributed by atoms with Crippen LogP contribution in [0.15, 0.2) is 22.7 Å². The van der Waals surface area contributed by atoms with Gasteiger partial charge in [0.05, 0.1) is 0 Å². The number of hydrogen-bond acceptors (Lipinski definition) is 1. The van der Waals surface area contributed by atoms with Gasteiger partial charge in [-0.3, -0.25) is 0 Å². The van der Waals surface area contributed by atoms with E-state index >= 15 is 0 Å². The maximum Gasteiger partial charge on any atom is 0.124 e. The van der Waals surface area contributed by atoms with E-state index in [1.165, 1.54) is 12.1 Å². The van der Waals surface area contributed by atoms with Gasteiger partial charge in [0, 0.05) is 10.5 Å². The molecule has 0 fully saturated rings. The van der Waals surface area contributed by atoms with Crippen molar-refractivity contribution in [3.8, 4) is 0 Å². The molecule has 0 radical (unpaired) electrons. The van der Waals surface area contributed by atoms with Crippen molar-refractivity contribution in [2.24, 2.45) is 0 Å². The van der Waals surface area contributed by atoms with Crippen molar-refractivity contribution in [2.45, 2.75) is 32.2 Å². The summed E-state index contributed by atoms with van der Waals surface area (Å²) in [5.41, 5.74) is 1.15. The Morgan fingerprint density at radius 1 is 1.47 bits per heavy atom. The Hall–Kier alpha value is -0.410. The molecule has 0 aliphatic rings. The first-order valence-corrected chi connectivity index (χ1v) is 6.01. The first-order valence-electron chi connectivity index (χ1n) is 5.22. The molecular weight excluding hydrogens is 257 g/mol. The van der Waals surface area contributed by atoms with E-state index in [2.05, 4.69) is 35.1 Å².